The number of hydrogen-bond donors (Lipinski definition) is 1. The number of carbonyl (C=O) groups is 1. The van der Waals surface area contributed by atoms with Gasteiger partial charge in [0.1, 0.15) is 6.54 Å². The first-order valence-electron chi connectivity index (χ1n) is 8.64. The van der Waals surface area contributed by atoms with E-state index in [4.69, 9.17) is 9.47 Å². The number of rotatable bonds is 5. The first-order chi connectivity index (χ1) is 13.8. The molecule has 1 aliphatic rings. The summed E-state index contributed by atoms with van der Waals surface area (Å²) in [5.41, 5.74) is 0.541. The lowest BCUT2D eigenvalue weighted by molar-refractivity contribution is -0.116. The van der Waals surface area contributed by atoms with E-state index in [2.05, 4.69) is 5.32 Å². The molecule has 0 aliphatic carbocycles. The van der Waals surface area contributed by atoms with Gasteiger partial charge in [-0.1, -0.05) is 17.7 Å². The van der Waals surface area contributed by atoms with Crippen molar-refractivity contribution in [2.45, 2.75) is 18.4 Å². The van der Waals surface area contributed by atoms with E-state index in [9.17, 15) is 18.0 Å². The first-order valence-corrected chi connectivity index (χ1v) is 10.1. The summed E-state index contributed by atoms with van der Waals surface area (Å²) in [5, 5.41) is 2.64. The number of benzene rings is 2. The van der Waals surface area contributed by atoms with Gasteiger partial charge in [0.15, 0.2) is 11.5 Å². The lowest BCUT2D eigenvalue weighted by atomic mass is 10.2. The van der Waals surface area contributed by atoms with E-state index < -0.39 is 21.6 Å². The minimum absolute atomic E-state index is 0.00670. The minimum Gasteiger partial charge on any atom is -0.454 e. The Morgan fingerprint density at radius 3 is 2.55 bits per heavy atom. The molecule has 0 saturated carbocycles. The number of anilines is 1. The monoisotopic (exact) mass is 415 g/mol. The molecule has 1 aliphatic heterocycles. The van der Waals surface area contributed by atoms with Crippen LogP contribution in [0.2, 0.25) is 0 Å². The number of nitrogens with one attached hydrogen (secondary N) is 1. The number of fused-ring (bicyclic) bond motifs is 1. The fraction of sp³-hybridized carbons (Fsp3) is 0.158. The quantitative estimate of drug-likeness (QED) is 0.678. The lowest BCUT2D eigenvalue weighted by Gasteiger charge is -2.07. The fourth-order valence-electron chi connectivity index (χ4n) is 2.85. The Hall–Kier alpha value is -3.53. The molecule has 10 heteroatoms. The van der Waals surface area contributed by atoms with Gasteiger partial charge in [0.2, 0.25) is 12.7 Å². The van der Waals surface area contributed by atoms with E-state index in [-0.39, 0.29) is 18.2 Å². The summed E-state index contributed by atoms with van der Waals surface area (Å²) in [6, 6.07) is 11.1. The molecule has 1 amide bonds. The molecule has 0 fully saturated rings. The molecule has 150 valence electrons. The Labute approximate surface area is 166 Å². The molecule has 1 N–H and O–H groups in total. The van der Waals surface area contributed by atoms with Gasteiger partial charge in [-0.3, -0.25) is 9.36 Å². The van der Waals surface area contributed by atoms with Crippen molar-refractivity contribution in [1.82, 2.24) is 8.54 Å². The molecule has 0 bridgehead atoms. The number of ether oxygens (including phenoxy) is 2. The Morgan fingerprint density at radius 2 is 1.79 bits per heavy atom. The van der Waals surface area contributed by atoms with Crippen LogP contribution in [0.3, 0.4) is 0 Å². The normalized spacial score (nSPS) is 12.7. The highest BCUT2D eigenvalue weighted by Gasteiger charge is 2.21. The lowest BCUT2D eigenvalue weighted by Crippen LogP contribution is -2.32. The van der Waals surface area contributed by atoms with E-state index in [1.54, 1.807) is 30.3 Å². The third-order valence-corrected chi connectivity index (χ3v) is 6.03. The third kappa shape index (κ3) is 3.61. The average molecular weight is 415 g/mol. The van der Waals surface area contributed by atoms with Gasteiger partial charge in [-0.15, -0.1) is 0 Å². The van der Waals surface area contributed by atoms with Crippen molar-refractivity contribution in [1.29, 1.82) is 0 Å². The number of amides is 1. The maximum Gasteiger partial charge on any atom is 0.342 e. The van der Waals surface area contributed by atoms with E-state index in [0.717, 1.165) is 16.3 Å². The van der Waals surface area contributed by atoms with Crippen LogP contribution in [-0.2, 0) is 21.4 Å². The second-order valence-electron chi connectivity index (χ2n) is 6.44. The van der Waals surface area contributed by atoms with Crippen molar-refractivity contribution in [2.24, 2.45) is 0 Å². The molecular weight excluding hydrogens is 398 g/mol. The maximum atomic E-state index is 12.7. The highest BCUT2D eigenvalue weighted by molar-refractivity contribution is 7.90. The predicted molar refractivity (Wildman–Crippen MR) is 104 cm³/mol. The number of hydrogen-bond acceptors (Lipinski definition) is 6. The number of imidazole rings is 1. The van der Waals surface area contributed by atoms with Gasteiger partial charge in [0.25, 0.3) is 10.0 Å². The molecule has 29 heavy (non-hydrogen) atoms. The molecule has 0 atom stereocenters. The van der Waals surface area contributed by atoms with Crippen molar-refractivity contribution in [2.75, 3.05) is 12.1 Å². The third-order valence-electron chi connectivity index (χ3n) is 4.36. The van der Waals surface area contributed by atoms with Gasteiger partial charge in [-0.2, -0.15) is 3.97 Å². The number of carbonyl (C=O) groups excluding carboxylic acids is 1. The maximum absolute atomic E-state index is 12.7. The molecule has 9 nitrogen and oxygen atoms in total. The minimum atomic E-state index is -4.05. The fourth-order valence-corrected chi connectivity index (χ4v) is 4.08. The average Bonchev–Trinajstić information content (AvgIpc) is 3.29. The Balaban J connectivity index is 1.52. The van der Waals surface area contributed by atoms with E-state index in [1.165, 1.54) is 18.3 Å². The van der Waals surface area contributed by atoms with Gasteiger partial charge < -0.3 is 14.8 Å². The smallest absolute Gasteiger partial charge is 0.342 e. The van der Waals surface area contributed by atoms with Crippen molar-refractivity contribution in [3.63, 3.8) is 0 Å². The SMILES string of the molecule is Cc1ccc(S(=O)(=O)n2ccn(CC(=O)Nc3ccc4c(c3)OCO4)c2=O)cc1. The Bertz CT molecular complexity index is 1240. The molecule has 3 aromatic rings. The van der Waals surface area contributed by atoms with Crippen LogP contribution in [0.25, 0.3) is 0 Å². The van der Waals surface area contributed by atoms with E-state index >= 15 is 0 Å². The summed E-state index contributed by atoms with van der Waals surface area (Å²) in [6.07, 6.45) is 2.39. The van der Waals surface area contributed by atoms with Crippen molar-refractivity contribution >= 4 is 21.6 Å². The van der Waals surface area contributed by atoms with Crippen LogP contribution in [0, 0.1) is 6.92 Å². The second kappa shape index (κ2) is 7.13. The zero-order valence-corrected chi connectivity index (χ0v) is 16.2. The van der Waals surface area contributed by atoms with Crippen molar-refractivity contribution in [3.8, 4) is 11.5 Å². The Morgan fingerprint density at radius 1 is 1.07 bits per heavy atom. The highest BCUT2D eigenvalue weighted by atomic mass is 32.2. The molecular formula is C19H17N3O6S. The van der Waals surface area contributed by atoms with Gasteiger partial charge >= 0.3 is 5.69 Å². The van der Waals surface area contributed by atoms with Crippen LogP contribution in [0.1, 0.15) is 5.56 Å². The van der Waals surface area contributed by atoms with Crippen LogP contribution in [0.15, 0.2) is 64.5 Å². The van der Waals surface area contributed by atoms with Crippen LogP contribution in [0.5, 0.6) is 11.5 Å². The molecule has 0 unspecified atom stereocenters. The van der Waals surface area contributed by atoms with Gasteiger partial charge in [0.05, 0.1) is 4.90 Å². The number of aryl methyl sites for hydroxylation is 1. The van der Waals surface area contributed by atoms with Crippen molar-refractivity contribution < 1.29 is 22.7 Å². The zero-order valence-electron chi connectivity index (χ0n) is 15.4. The van der Waals surface area contributed by atoms with Crippen LogP contribution < -0.4 is 20.5 Å². The summed E-state index contributed by atoms with van der Waals surface area (Å²) < 4.78 is 37.5. The molecule has 2 heterocycles. The molecule has 4 rings (SSSR count). The molecule has 0 saturated heterocycles. The van der Waals surface area contributed by atoms with Gasteiger partial charge in [-0.05, 0) is 31.2 Å². The summed E-state index contributed by atoms with van der Waals surface area (Å²) in [7, 11) is -4.05. The summed E-state index contributed by atoms with van der Waals surface area (Å²) in [6.45, 7) is 1.60. The van der Waals surface area contributed by atoms with Gasteiger partial charge in [0, 0.05) is 24.1 Å². The predicted octanol–water partition coefficient (Wildman–Crippen LogP) is 1.56. The first kappa shape index (κ1) is 18.8. The van der Waals surface area contributed by atoms with Crippen LogP contribution in [0.4, 0.5) is 5.69 Å². The van der Waals surface area contributed by atoms with Crippen molar-refractivity contribution in [3.05, 3.63) is 70.9 Å². The standard InChI is InChI=1S/C19H17N3O6S/c1-13-2-5-15(6-3-13)29(25,26)22-9-8-21(19(22)24)11-18(23)20-14-4-7-16-17(10-14)28-12-27-16/h2-10H,11-12H2,1H3,(H,20,23). The Kier molecular flexibility index (Phi) is 4.63. The number of nitrogens with zero attached hydrogens (tertiary/aromatic N) is 2. The van der Waals surface area contributed by atoms with E-state index in [0.29, 0.717) is 21.2 Å². The molecule has 1 aromatic heterocycles. The highest BCUT2D eigenvalue weighted by Crippen LogP contribution is 2.34. The summed E-state index contributed by atoms with van der Waals surface area (Å²) in [4.78, 5) is 24.8. The molecule has 0 spiro atoms. The topological polar surface area (TPSA) is 109 Å². The number of aromatic nitrogens is 2. The van der Waals surface area contributed by atoms with E-state index in [1.807, 2.05) is 6.92 Å². The zero-order chi connectivity index (χ0) is 20.6. The largest absolute Gasteiger partial charge is 0.454 e. The molecule has 2 aromatic carbocycles. The van der Waals surface area contributed by atoms with Gasteiger partial charge in [-0.25, -0.2) is 13.2 Å². The second-order valence-corrected chi connectivity index (χ2v) is 8.25. The summed E-state index contributed by atoms with van der Waals surface area (Å²) in [5.74, 6) is 0.601. The van der Waals surface area contributed by atoms with Crippen LogP contribution in [-0.4, -0.2) is 29.7 Å². The summed E-state index contributed by atoms with van der Waals surface area (Å²) >= 11 is 0. The molecule has 0 radical (unpaired) electrons. The van der Waals surface area contributed by atoms with Crippen LogP contribution >= 0.6 is 0 Å².